The normalized spacial score (nSPS) is 17.5. The average molecular weight is 320 g/mol. The summed E-state index contributed by atoms with van der Waals surface area (Å²) in [6.45, 7) is 5.02. The molecule has 0 radical (unpaired) electrons. The Bertz CT molecular complexity index is 661. The van der Waals surface area contributed by atoms with Crippen molar-refractivity contribution >= 4 is 11.3 Å². The van der Waals surface area contributed by atoms with Crippen molar-refractivity contribution in [2.45, 2.75) is 52.1 Å². The number of hydrogen-bond donors (Lipinski definition) is 1. The number of nitrogens with zero attached hydrogens (tertiary/aromatic N) is 3. The number of nitrogens with one attached hydrogen (secondary N) is 1. The fourth-order valence-electron chi connectivity index (χ4n) is 3.28. The molecule has 1 unspecified atom stereocenters. The van der Waals surface area contributed by atoms with E-state index in [-0.39, 0.29) is 0 Å². The highest BCUT2D eigenvalue weighted by molar-refractivity contribution is 7.11. The fourth-order valence-corrected chi connectivity index (χ4v) is 4.37. The first-order valence-electron chi connectivity index (χ1n) is 7.92. The molecule has 5 nitrogen and oxygen atoms in total. The van der Waals surface area contributed by atoms with E-state index >= 15 is 0 Å². The van der Waals surface area contributed by atoms with Gasteiger partial charge in [-0.3, -0.25) is 0 Å². The monoisotopic (exact) mass is 320 g/mol. The molecule has 0 aromatic carbocycles. The highest BCUT2D eigenvalue weighted by Crippen LogP contribution is 2.34. The third-order valence-electron chi connectivity index (χ3n) is 4.28. The van der Waals surface area contributed by atoms with Crippen LogP contribution < -0.4 is 10.1 Å². The zero-order valence-electron chi connectivity index (χ0n) is 13.8. The van der Waals surface area contributed by atoms with Gasteiger partial charge < -0.3 is 10.1 Å². The number of ether oxygens (including phenoxy) is 1. The lowest BCUT2D eigenvalue weighted by Crippen LogP contribution is -2.24. The molecule has 120 valence electrons. The first-order chi connectivity index (χ1) is 10.6. The average Bonchev–Trinajstić information content (AvgIpc) is 3.03. The number of thiazole rings is 1. The number of fused-ring (bicyclic) bond motifs is 1. The van der Waals surface area contributed by atoms with Gasteiger partial charge in [-0.25, -0.2) is 9.67 Å². The summed E-state index contributed by atoms with van der Waals surface area (Å²) < 4.78 is 7.36. The summed E-state index contributed by atoms with van der Waals surface area (Å²) >= 11 is 1.83. The van der Waals surface area contributed by atoms with Gasteiger partial charge in [0.1, 0.15) is 0 Å². The Kier molecular flexibility index (Phi) is 4.49. The van der Waals surface area contributed by atoms with E-state index in [0.717, 1.165) is 31.0 Å². The largest absolute Gasteiger partial charge is 0.481 e. The summed E-state index contributed by atoms with van der Waals surface area (Å²) in [5, 5.41) is 9.43. The molecule has 2 aromatic heterocycles. The van der Waals surface area contributed by atoms with Crippen molar-refractivity contribution < 1.29 is 4.74 Å². The maximum Gasteiger partial charge on any atom is 0.216 e. The van der Waals surface area contributed by atoms with Crippen LogP contribution in [0.25, 0.3) is 0 Å². The number of aryl methyl sites for hydroxylation is 4. The van der Waals surface area contributed by atoms with E-state index in [1.165, 1.54) is 34.0 Å². The van der Waals surface area contributed by atoms with Crippen LogP contribution in [0, 0.1) is 6.92 Å². The van der Waals surface area contributed by atoms with E-state index in [1.54, 1.807) is 7.11 Å². The van der Waals surface area contributed by atoms with E-state index in [0.29, 0.717) is 6.04 Å². The SMILES string of the molecule is CCc1nn(C)c(OC)c1CNC1CCCc2nc(C)sc21. The van der Waals surface area contributed by atoms with E-state index < -0.39 is 0 Å². The molecule has 6 heteroatoms. The van der Waals surface area contributed by atoms with Crippen molar-refractivity contribution in [3.63, 3.8) is 0 Å². The summed E-state index contributed by atoms with van der Waals surface area (Å²) in [5.41, 5.74) is 3.59. The Hall–Kier alpha value is -1.40. The summed E-state index contributed by atoms with van der Waals surface area (Å²) in [7, 11) is 3.65. The molecule has 0 bridgehead atoms. The standard InChI is InChI=1S/C16H24N4OS/c1-5-12-11(16(21-4)20(3)19-12)9-17-13-7-6-8-14-15(13)22-10(2)18-14/h13,17H,5-9H2,1-4H3. The van der Waals surface area contributed by atoms with Crippen LogP contribution in [0.4, 0.5) is 0 Å². The van der Waals surface area contributed by atoms with Crippen molar-refractivity contribution in [1.29, 1.82) is 0 Å². The molecule has 2 heterocycles. The van der Waals surface area contributed by atoms with Crippen molar-refractivity contribution in [3.05, 3.63) is 26.8 Å². The van der Waals surface area contributed by atoms with E-state index in [9.17, 15) is 0 Å². The van der Waals surface area contributed by atoms with Crippen LogP contribution in [-0.4, -0.2) is 21.9 Å². The molecule has 1 aliphatic carbocycles. The molecule has 3 rings (SSSR count). The van der Waals surface area contributed by atoms with Crippen molar-refractivity contribution in [1.82, 2.24) is 20.1 Å². The van der Waals surface area contributed by atoms with E-state index in [4.69, 9.17) is 4.74 Å². The first-order valence-corrected chi connectivity index (χ1v) is 8.74. The smallest absolute Gasteiger partial charge is 0.216 e. The zero-order chi connectivity index (χ0) is 15.7. The van der Waals surface area contributed by atoms with Crippen LogP contribution in [0.1, 0.15) is 52.6 Å². The van der Waals surface area contributed by atoms with Gasteiger partial charge in [0.2, 0.25) is 5.88 Å². The molecule has 0 aliphatic heterocycles. The van der Waals surface area contributed by atoms with Gasteiger partial charge in [-0.1, -0.05) is 6.92 Å². The van der Waals surface area contributed by atoms with Gasteiger partial charge in [0.15, 0.2) is 0 Å². The summed E-state index contributed by atoms with van der Waals surface area (Å²) in [5.74, 6) is 0.862. The summed E-state index contributed by atoms with van der Waals surface area (Å²) in [6, 6.07) is 0.407. The van der Waals surface area contributed by atoms with Gasteiger partial charge in [-0.15, -0.1) is 11.3 Å². The Labute approximate surface area is 135 Å². The fraction of sp³-hybridized carbons (Fsp3) is 0.625. The zero-order valence-corrected chi connectivity index (χ0v) is 14.6. The van der Waals surface area contributed by atoms with Crippen LogP contribution in [-0.2, 0) is 26.4 Å². The molecule has 0 fully saturated rings. The quantitative estimate of drug-likeness (QED) is 0.920. The molecule has 1 atom stereocenters. The molecule has 0 amide bonds. The number of rotatable bonds is 5. The number of methoxy groups -OCH3 is 1. The van der Waals surface area contributed by atoms with E-state index in [1.807, 2.05) is 23.1 Å². The molecular weight excluding hydrogens is 296 g/mol. The molecular formula is C16H24N4OS. The van der Waals surface area contributed by atoms with Gasteiger partial charge in [-0.2, -0.15) is 5.10 Å². The minimum atomic E-state index is 0.407. The molecule has 1 aliphatic rings. The maximum absolute atomic E-state index is 5.52. The van der Waals surface area contributed by atoms with Crippen molar-refractivity contribution in [2.75, 3.05) is 7.11 Å². The van der Waals surface area contributed by atoms with Gasteiger partial charge in [-0.05, 0) is 32.6 Å². The van der Waals surface area contributed by atoms with Gasteiger partial charge in [0.05, 0.1) is 29.1 Å². The molecule has 0 saturated carbocycles. The van der Waals surface area contributed by atoms with Crippen LogP contribution in [0.2, 0.25) is 0 Å². The van der Waals surface area contributed by atoms with E-state index in [2.05, 4.69) is 29.2 Å². The second-order valence-corrected chi connectivity index (χ2v) is 7.02. The molecule has 22 heavy (non-hydrogen) atoms. The Morgan fingerprint density at radius 1 is 1.45 bits per heavy atom. The lowest BCUT2D eigenvalue weighted by atomic mass is 9.98. The molecule has 2 aromatic rings. The second kappa shape index (κ2) is 6.38. The maximum atomic E-state index is 5.52. The number of hydrogen-bond acceptors (Lipinski definition) is 5. The highest BCUT2D eigenvalue weighted by Gasteiger charge is 2.25. The molecule has 0 saturated heterocycles. The minimum absolute atomic E-state index is 0.407. The Balaban J connectivity index is 1.79. The first kappa shape index (κ1) is 15.5. The third kappa shape index (κ3) is 2.77. The Morgan fingerprint density at radius 3 is 3.00 bits per heavy atom. The summed E-state index contributed by atoms with van der Waals surface area (Å²) in [4.78, 5) is 6.09. The minimum Gasteiger partial charge on any atom is -0.481 e. The lowest BCUT2D eigenvalue weighted by molar-refractivity contribution is 0.365. The highest BCUT2D eigenvalue weighted by atomic mass is 32.1. The molecule has 0 spiro atoms. The van der Waals surface area contributed by atoms with Gasteiger partial charge in [0, 0.05) is 24.5 Å². The number of aromatic nitrogens is 3. The van der Waals surface area contributed by atoms with Crippen molar-refractivity contribution in [3.8, 4) is 5.88 Å². The van der Waals surface area contributed by atoms with Crippen molar-refractivity contribution in [2.24, 2.45) is 7.05 Å². The van der Waals surface area contributed by atoms with Gasteiger partial charge >= 0.3 is 0 Å². The predicted octanol–water partition coefficient (Wildman–Crippen LogP) is 2.92. The van der Waals surface area contributed by atoms with Crippen LogP contribution >= 0.6 is 11.3 Å². The lowest BCUT2D eigenvalue weighted by Gasteiger charge is -2.22. The third-order valence-corrected chi connectivity index (χ3v) is 5.41. The Morgan fingerprint density at radius 2 is 2.27 bits per heavy atom. The topological polar surface area (TPSA) is 52.0 Å². The summed E-state index contributed by atoms with van der Waals surface area (Å²) in [6.07, 6.45) is 4.43. The van der Waals surface area contributed by atoms with Crippen LogP contribution in [0.15, 0.2) is 0 Å². The van der Waals surface area contributed by atoms with Crippen LogP contribution in [0.5, 0.6) is 5.88 Å². The molecule has 1 N–H and O–H groups in total. The second-order valence-electron chi connectivity index (χ2n) is 5.78. The predicted molar refractivity (Wildman–Crippen MR) is 88.5 cm³/mol. The van der Waals surface area contributed by atoms with Crippen LogP contribution in [0.3, 0.4) is 0 Å². The van der Waals surface area contributed by atoms with Gasteiger partial charge in [0.25, 0.3) is 0 Å².